The van der Waals surface area contributed by atoms with E-state index in [1.807, 2.05) is 31.2 Å². The van der Waals surface area contributed by atoms with Crippen molar-refractivity contribution in [2.24, 2.45) is 0 Å². The first kappa shape index (κ1) is 16.0. The van der Waals surface area contributed by atoms with Gasteiger partial charge in [0.25, 0.3) is 0 Å². The predicted octanol–water partition coefficient (Wildman–Crippen LogP) is 1.78. The fourth-order valence-electron chi connectivity index (χ4n) is 1.62. The first-order valence-corrected chi connectivity index (χ1v) is 6.77. The average molecular weight is 268 g/mol. The van der Waals surface area contributed by atoms with Crippen LogP contribution in [-0.4, -0.2) is 42.2 Å². The minimum absolute atomic E-state index is 0.229. The molecule has 0 aliphatic heterocycles. The van der Waals surface area contributed by atoms with Crippen molar-refractivity contribution in [1.29, 1.82) is 0 Å². The molecule has 0 spiro atoms. The van der Waals surface area contributed by atoms with Crippen LogP contribution in [0.1, 0.15) is 25.8 Å². The lowest BCUT2D eigenvalue weighted by atomic mass is 10.1. The number of hydrogen-bond donors (Lipinski definition) is 2. The molecule has 108 valence electrons. The van der Waals surface area contributed by atoms with Gasteiger partial charge in [-0.1, -0.05) is 12.1 Å². The highest BCUT2D eigenvalue weighted by Crippen LogP contribution is 2.14. The van der Waals surface area contributed by atoms with Gasteiger partial charge in [0.2, 0.25) is 0 Å². The van der Waals surface area contributed by atoms with Crippen LogP contribution in [0.4, 0.5) is 0 Å². The van der Waals surface area contributed by atoms with Gasteiger partial charge in [-0.2, -0.15) is 0 Å². The molecule has 0 saturated heterocycles. The van der Waals surface area contributed by atoms with Crippen molar-refractivity contribution in [1.82, 2.24) is 0 Å². The Morgan fingerprint density at radius 1 is 1.11 bits per heavy atom. The number of rotatable bonds is 9. The number of aryl methyl sites for hydroxylation is 1. The van der Waals surface area contributed by atoms with E-state index in [9.17, 15) is 10.2 Å². The van der Waals surface area contributed by atoms with Crippen LogP contribution in [0.3, 0.4) is 0 Å². The summed E-state index contributed by atoms with van der Waals surface area (Å²) in [6.07, 6.45) is 0.734. The first-order valence-electron chi connectivity index (χ1n) is 6.77. The third-order valence-electron chi connectivity index (χ3n) is 2.73. The lowest BCUT2D eigenvalue weighted by molar-refractivity contribution is 0.0164. The average Bonchev–Trinajstić information content (AvgIpc) is 2.41. The van der Waals surface area contributed by atoms with Crippen molar-refractivity contribution in [3.05, 3.63) is 29.8 Å². The van der Waals surface area contributed by atoms with Crippen LogP contribution in [0.25, 0.3) is 0 Å². The van der Waals surface area contributed by atoms with E-state index in [0.29, 0.717) is 13.2 Å². The van der Waals surface area contributed by atoms with Gasteiger partial charge in [0.05, 0.1) is 12.7 Å². The summed E-state index contributed by atoms with van der Waals surface area (Å²) in [5.41, 5.74) is 1.17. The fourth-order valence-corrected chi connectivity index (χ4v) is 1.62. The van der Waals surface area contributed by atoms with Crippen LogP contribution in [0.5, 0.6) is 5.75 Å². The zero-order chi connectivity index (χ0) is 14.1. The molecule has 0 aromatic heterocycles. The van der Waals surface area contributed by atoms with Crippen molar-refractivity contribution in [3.8, 4) is 5.75 Å². The summed E-state index contributed by atoms with van der Waals surface area (Å²) in [4.78, 5) is 0. The summed E-state index contributed by atoms with van der Waals surface area (Å²) in [5, 5.41) is 18.8. The maximum Gasteiger partial charge on any atom is 0.119 e. The standard InChI is InChI=1S/C15H24O4/c1-3-18-10-14(17)11-19-15-8-6-13(7-9-15)5-4-12(2)16/h6-9,12,14,16-17H,3-5,10-11H2,1-2H3. The Morgan fingerprint density at radius 2 is 1.79 bits per heavy atom. The molecule has 2 N–H and O–H groups in total. The quantitative estimate of drug-likeness (QED) is 0.716. The summed E-state index contributed by atoms with van der Waals surface area (Å²) in [6, 6.07) is 7.72. The fraction of sp³-hybridized carbons (Fsp3) is 0.600. The molecule has 1 aromatic rings. The molecule has 0 aliphatic carbocycles. The van der Waals surface area contributed by atoms with Gasteiger partial charge in [0, 0.05) is 6.61 Å². The van der Waals surface area contributed by atoms with Gasteiger partial charge in [0.1, 0.15) is 18.5 Å². The minimum Gasteiger partial charge on any atom is -0.491 e. The maximum absolute atomic E-state index is 9.56. The SMILES string of the molecule is CCOCC(O)COc1ccc(CCC(C)O)cc1. The van der Waals surface area contributed by atoms with E-state index in [1.54, 1.807) is 6.92 Å². The third-order valence-corrected chi connectivity index (χ3v) is 2.73. The van der Waals surface area contributed by atoms with E-state index >= 15 is 0 Å². The Kier molecular flexibility index (Phi) is 7.48. The normalized spacial score (nSPS) is 14.1. The molecule has 19 heavy (non-hydrogen) atoms. The zero-order valence-corrected chi connectivity index (χ0v) is 11.7. The molecule has 1 rings (SSSR count). The van der Waals surface area contributed by atoms with Crippen LogP contribution in [0.2, 0.25) is 0 Å². The minimum atomic E-state index is -0.602. The van der Waals surface area contributed by atoms with Crippen molar-refractivity contribution in [2.75, 3.05) is 19.8 Å². The van der Waals surface area contributed by atoms with Gasteiger partial charge >= 0.3 is 0 Å². The Morgan fingerprint density at radius 3 is 2.37 bits per heavy atom. The molecular weight excluding hydrogens is 244 g/mol. The second kappa shape index (κ2) is 8.91. The Balaban J connectivity index is 2.31. The highest BCUT2D eigenvalue weighted by Gasteiger charge is 2.05. The molecule has 4 nitrogen and oxygen atoms in total. The highest BCUT2D eigenvalue weighted by atomic mass is 16.5. The second-order valence-electron chi connectivity index (χ2n) is 4.66. The van der Waals surface area contributed by atoms with Gasteiger partial charge in [-0.25, -0.2) is 0 Å². The van der Waals surface area contributed by atoms with E-state index < -0.39 is 6.10 Å². The molecule has 1 aromatic carbocycles. The summed E-state index contributed by atoms with van der Waals surface area (Å²) in [5.74, 6) is 0.733. The van der Waals surface area contributed by atoms with E-state index in [4.69, 9.17) is 9.47 Å². The summed E-state index contributed by atoms with van der Waals surface area (Å²) >= 11 is 0. The summed E-state index contributed by atoms with van der Waals surface area (Å²) < 4.78 is 10.6. The van der Waals surface area contributed by atoms with E-state index in [0.717, 1.165) is 18.6 Å². The molecule has 2 unspecified atom stereocenters. The molecule has 0 saturated carbocycles. The molecule has 0 amide bonds. The van der Waals surface area contributed by atoms with Crippen molar-refractivity contribution in [3.63, 3.8) is 0 Å². The number of ether oxygens (including phenoxy) is 2. The molecule has 0 radical (unpaired) electrons. The highest BCUT2D eigenvalue weighted by molar-refractivity contribution is 5.27. The lowest BCUT2D eigenvalue weighted by Crippen LogP contribution is -2.23. The van der Waals surface area contributed by atoms with Crippen LogP contribution in [-0.2, 0) is 11.2 Å². The Labute approximate surface area is 115 Å². The lowest BCUT2D eigenvalue weighted by Gasteiger charge is -2.12. The predicted molar refractivity (Wildman–Crippen MR) is 74.4 cm³/mol. The van der Waals surface area contributed by atoms with Crippen LogP contribution in [0.15, 0.2) is 24.3 Å². The second-order valence-corrected chi connectivity index (χ2v) is 4.66. The van der Waals surface area contributed by atoms with Crippen LogP contribution < -0.4 is 4.74 Å². The van der Waals surface area contributed by atoms with Crippen molar-refractivity contribution in [2.45, 2.75) is 38.9 Å². The summed E-state index contributed by atoms with van der Waals surface area (Å²) in [7, 11) is 0. The molecule has 0 heterocycles. The number of hydrogen-bond acceptors (Lipinski definition) is 4. The molecule has 0 bridgehead atoms. The number of aliphatic hydroxyl groups is 2. The van der Waals surface area contributed by atoms with Gasteiger partial charge in [-0.05, 0) is 44.4 Å². The smallest absolute Gasteiger partial charge is 0.119 e. The van der Waals surface area contributed by atoms with Crippen molar-refractivity contribution < 1.29 is 19.7 Å². The van der Waals surface area contributed by atoms with Gasteiger partial charge in [-0.15, -0.1) is 0 Å². The topological polar surface area (TPSA) is 58.9 Å². The molecular formula is C15H24O4. The molecule has 4 heteroatoms. The van der Waals surface area contributed by atoms with Crippen molar-refractivity contribution >= 4 is 0 Å². The Bertz CT molecular complexity index is 335. The number of benzene rings is 1. The maximum atomic E-state index is 9.56. The molecule has 0 aliphatic rings. The van der Waals surface area contributed by atoms with Gasteiger partial charge < -0.3 is 19.7 Å². The monoisotopic (exact) mass is 268 g/mol. The Hall–Kier alpha value is -1.10. The van der Waals surface area contributed by atoms with E-state index in [2.05, 4.69) is 0 Å². The molecule has 0 fully saturated rings. The zero-order valence-electron chi connectivity index (χ0n) is 11.7. The van der Waals surface area contributed by atoms with Crippen LogP contribution in [0, 0.1) is 0 Å². The summed E-state index contributed by atoms with van der Waals surface area (Å²) in [6.45, 7) is 4.79. The van der Waals surface area contributed by atoms with Gasteiger partial charge in [0.15, 0.2) is 0 Å². The van der Waals surface area contributed by atoms with Crippen LogP contribution >= 0.6 is 0 Å². The molecule has 2 atom stereocenters. The third kappa shape index (κ3) is 7.15. The first-order chi connectivity index (χ1) is 9.11. The van der Waals surface area contributed by atoms with Gasteiger partial charge in [-0.3, -0.25) is 0 Å². The van der Waals surface area contributed by atoms with E-state index in [1.165, 1.54) is 5.56 Å². The van der Waals surface area contributed by atoms with E-state index in [-0.39, 0.29) is 12.7 Å². The number of aliphatic hydroxyl groups excluding tert-OH is 2. The largest absolute Gasteiger partial charge is 0.491 e.